The number of benzene rings is 1. The molecule has 11 nitrogen and oxygen atoms in total. The number of imidazole rings is 1. The first kappa shape index (κ1) is 22.6. The number of nitrogen functional groups attached to an aromatic ring is 1. The van der Waals surface area contributed by atoms with Gasteiger partial charge in [-0.1, -0.05) is 0 Å². The number of hydrogen-bond donors (Lipinski definition) is 4. The summed E-state index contributed by atoms with van der Waals surface area (Å²) in [5.74, 6) is 1.10. The Bertz CT molecular complexity index is 1410. The van der Waals surface area contributed by atoms with Gasteiger partial charge in [0.25, 0.3) is 0 Å². The Balaban J connectivity index is 1.55. The largest absolute Gasteiger partial charge is 0.368 e. The lowest BCUT2D eigenvalue weighted by Crippen LogP contribution is -2.51. The smallest absolute Gasteiger partial charge is 0.317 e. The van der Waals surface area contributed by atoms with Crippen LogP contribution in [-0.2, 0) is 0 Å². The number of nitrogens with one attached hydrogen (secondary N) is 3. The van der Waals surface area contributed by atoms with E-state index in [2.05, 4.69) is 35.5 Å². The number of H-pyrrole nitrogens is 1. The predicted octanol–water partition coefficient (Wildman–Crippen LogP) is 2.57. The SMILES string of the molecule is CNC(=O)N1CCN(c2nc3c(C)c(F)ccc3cc2[C@H](C)Nc2nc(N)nc3nc[nH]c23)CC1. The molecule has 0 aliphatic carbocycles. The highest BCUT2D eigenvalue weighted by Gasteiger charge is 2.26. The number of halogens is 1. The topological polar surface area (TPSA) is 141 Å². The van der Waals surface area contributed by atoms with Crippen LogP contribution < -0.4 is 21.3 Å². The maximum atomic E-state index is 14.4. The summed E-state index contributed by atoms with van der Waals surface area (Å²) in [6, 6.07) is 4.90. The van der Waals surface area contributed by atoms with Crippen molar-refractivity contribution in [2.45, 2.75) is 19.9 Å². The van der Waals surface area contributed by atoms with Crippen LogP contribution in [0.3, 0.4) is 0 Å². The van der Waals surface area contributed by atoms with Gasteiger partial charge in [0.05, 0.1) is 17.9 Å². The van der Waals surface area contributed by atoms with Gasteiger partial charge in [0.15, 0.2) is 11.5 Å². The van der Waals surface area contributed by atoms with Crippen molar-refractivity contribution in [1.29, 1.82) is 0 Å². The number of carbonyl (C=O) groups is 1. The molecule has 1 fully saturated rings. The van der Waals surface area contributed by atoms with Crippen molar-refractivity contribution in [3.05, 3.63) is 41.5 Å². The number of urea groups is 1. The molecule has 5 N–H and O–H groups in total. The standard InChI is InChI=1S/C23H27FN10O/c1-12-16(24)5-4-14-10-15(13(2)29-20-18-19(28-11-27-18)31-22(25)32-20)21(30-17(12)14)33-6-8-34(9-7-33)23(35)26-3/h4-5,10-11,13H,6-9H2,1-3H3,(H,26,35)(H4,25,27,28,29,31,32)/t13-/m0/s1. The molecule has 0 radical (unpaired) electrons. The fourth-order valence-electron chi connectivity index (χ4n) is 4.45. The average Bonchev–Trinajstić information content (AvgIpc) is 3.34. The third kappa shape index (κ3) is 4.11. The number of amides is 2. The van der Waals surface area contributed by atoms with Crippen molar-refractivity contribution in [2.24, 2.45) is 0 Å². The molecule has 2 amide bonds. The minimum absolute atomic E-state index is 0.103. The lowest BCUT2D eigenvalue weighted by atomic mass is 10.0. The minimum Gasteiger partial charge on any atom is -0.368 e. The molecule has 3 aromatic heterocycles. The molecule has 0 bridgehead atoms. The lowest BCUT2D eigenvalue weighted by Gasteiger charge is -2.36. The fourth-order valence-corrected chi connectivity index (χ4v) is 4.45. The van der Waals surface area contributed by atoms with Crippen LogP contribution in [0.1, 0.15) is 24.1 Å². The quantitative estimate of drug-likeness (QED) is 0.351. The summed E-state index contributed by atoms with van der Waals surface area (Å²) in [5.41, 5.74) is 9.05. The average molecular weight is 479 g/mol. The molecule has 182 valence electrons. The van der Waals surface area contributed by atoms with Crippen LogP contribution in [-0.4, -0.2) is 69.1 Å². The Morgan fingerprint density at radius 2 is 1.97 bits per heavy atom. The molecule has 1 atom stereocenters. The predicted molar refractivity (Wildman–Crippen MR) is 133 cm³/mol. The van der Waals surface area contributed by atoms with Crippen molar-refractivity contribution in [2.75, 3.05) is 49.2 Å². The normalized spacial score (nSPS) is 15.0. The molecule has 1 aliphatic heterocycles. The van der Waals surface area contributed by atoms with Crippen LogP contribution in [0.2, 0.25) is 0 Å². The van der Waals surface area contributed by atoms with Crippen LogP contribution >= 0.6 is 0 Å². The molecule has 12 heteroatoms. The van der Waals surface area contributed by atoms with E-state index in [-0.39, 0.29) is 23.8 Å². The molecule has 1 saturated heterocycles. The van der Waals surface area contributed by atoms with Gasteiger partial charge in [-0.2, -0.15) is 9.97 Å². The number of hydrogen-bond acceptors (Lipinski definition) is 8. The number of carbonyl (C=O) groups excluding carboxylic acids is 1. The van der Waals surface area contributed by atoms with Gasteiger partial charge >= 0.3 is 6.03 Å². The summed E-state index contributed by atoms with van der Waals surface area (Å²) >= 11 is 0. The van der Waals surface area contributed by atoms with Gasteiger partial charge in [-0.15, -0.1) is 0 Å². The van der Waals surface area contributed by atoms with Crippen molar-refractivity contribution in [3.8, 4) is 0 Å². The van der Waals surface area contributed by atoms with Crippen molar-refractivity contribution >= 4 is 45.7 Å². The molecule has 1 aromatic carbocycles. The van der Waals surface area contributed by atoms with E-state index in [0.29, 0.717) is 54.2 Å². The zero-order chi connectivity index (χ0) is 24.7. The van der Waals surface area contributed by atoms with E-state index in [0.717, 1.165) is 16.8 Å². The minimum atomic E-state index is -0.294. The van der Waals surface area contributed by atoms with Crippen LogP contribution in [0.15, 0.2) is 24.5 Å². The fraction of sp³-hybridized carbons (Fsp3) is 0.348. The van der Waals surface area contributed by atoms with E-state index in [9.17, 15) is 9.18 Å². The number of fused-ring (bicyclic) bond motifs is 2. The Morgan fingerprint density at radius 3 is 2.71 bits per heavy atom. The number of aromatic amines is 1. The summed E-state index contributed by atoms with van der Waals surface area (Å²) in [5, 5.41) is 6.93. The first-order chi connectivity index (χ1) is 16.9. The number of nitrogens with two attached hydrogens (primary N) is 1. The highest BCUT2D eigenvalue weighted by Crippen LogP contribution is 2.33. The second kappa shape index (κ2) is 8.85. The summed E-state index contributed by atoms with van der Waals surface area (Å²) in [6.45, 7) is 6.05. The number of pyridine rings is 1. The van der Waals surface area contributed by atoms with Crippen LogP contribution in [0.5, 0.6) is 0 Å². The van der Waals surface area contributed by atoms with Gasteiger partial charge in [0.1, 0.15) is 17.2 Å². The highest BCUT2D eigenvalue weighted by molar-refractivity contribution is 5.86. The van der Waals surface area contributed by atoms with Gasteiger partial charge in [0.2, 0.25) is 5.95 Å². The Morgan fingerprint density at radius 1 is 1.20 bits per heavy atom. The van der Waals surface area contributed by atoms with E-state index >= 15 is 0 Å². The van der Waals surface area contributed by atoms with Crippen molar-refractivity contribution in [3.63, 3.8) is 0 Å². The number of anilines is 3. The van der Waals surface area contributed by atoms with Gasteiger partial charge in [-0.3, -0.25) is 0 Å². The molecular formula is C23H27FN10O. The number of nitrogens with zero attached hydrogens (tertiary/aromatic N) is 6. The second-order valence-corrected chi connectivity index (χ2v) is 8.57. The number of piperazine rings is 1. The molecule has 35 heavy (non-hydrogen) atoms. The Hall–Kier alpha value is -4.22. The molecule has 5 rings (SSSR count). The Labute approximate surface area is 201 Å². The number of aryl methyl sites for hydroxylation is 1. The maximum Gasteiger partial charge on any atom is 0.317 e. The first-order valence-electron chi connectivity index (χ1n) is 11.4. The molecule has 4 aromatic rings. The lowest BCUT2D eigenvalue weighted by molar-refractivity contribution is 0.196. The van der Waals surface area contributed by atoms with E-state index in [4.69, 9.17) is 10.7 Å². The van der Waals surface area contributed by atoms with Gasteiger partial charge in [-0.25, -0.2) is 19.2 Å². The van der Waals surface area contributed by atoms with Crippen molar-refractivity contribution in [1.82, 2.24) is 35.1 Å². The first-order valence-corrected chi connectivity index (χ1v) is 11.4. The van der Waals surface area contributed by atoms with Crippen LogP contribution in [0.4, 0.5) is 26.8 Å². The van der Waals surface area contributed by atoms with E-state index in [1.807, 2.05) is 13.0 Å². The van der Waals surface area contributed by atoms with Gasteiger partial charge in [0, 0.05) is 49.7 Å². The number of rotatable bonds is 4. The monoisotopic (exact) mass is 478 g/mol. The second-order valence-electron chi connectivity index (χ2n) is 8.57. The van der Waals surface area contributed by atoms with E-state index in [1.165, 1.54) is 6.07 Å². The van der Waals surface area contributed by atoms with E-state index < -0.39 is 0 Å². The van der Waals surface area contributed by atoms with Crippen molar-refractivity contribution < 1.29 is 9.18 Å². The molecular weight excluding hydrogens is 451 g/mol. The Kier molecular flexibility index (Phi) is 5.71. The summed E-state index contributed by atoms with van der Waals surface area (Å²) in [6.07, 6.45) is 1.54. The van der Waals surface area contributed by atoms with E-state index in [1.54, 1.807) is 31.3 Å². The number of aromatic nitrogens is 5. The van der Waals surface area contributed by atoms with Gasteiger partial charge < -0.3 is 31.2 Å². The maximum absolute atomic E-state index is 14.4. The molecule has 0 unspecified atom stereocenters. The molecule has 0 saturated carbocycles. The highest BCUT2D eigenvalue weighted by atomic mass is 19.1. The van der Waals surface area contributed by atoms with Crippen LogP contribution in [0.25, 0.3) is 22.1 Å². The summed E-state index contributed by atoms with van der Waals surface area (Å²) in [4.78, 5) is 36.6. The third-order valence-electron chi connectivity index (χ3n) is 6.39. The molecule has 1 aliphatic rings. The zero-order valence-electron chi connectivity index (χ0n) is 19.8. The van der Waals surface area contributed by atoms with Gasteiger partial charge in [-0.05, 0) is 32.0 Å². The molecule has 4 heterocycles. The third-order valence-corrected chi connectivity index (χ3v) is 6.39. The zero-order valence-corrected chi connectivity index (χ0v) is 19.8. The molecule has 0 spiro atoms. The summed E-state index contributed by atoms with van der Waals surface area (Å²) < 4.78 is 14.4. The van der Waals surface area contributed by atoms with Crippen LogP contribution in [0, 0.1) is 12.7 Å². The summed E-state index contributed by atoms with van der Waals surface area (Å²) in [7, 11) is 1.62.